The number of nitrogens with one attached hydrogen (secondary N) is 1. The van der Waals surface area contributed by atoms with Gasteiger partial charge in [0, 0.05) is 18.8 Å². The summed E-state index contributed by atoms with van der Waals surface area (Å²) in [4.78, 5) is 24.7. The van der Waals surface area contributed by atoms with Crippen molar-refractivity contribution in [1.82, 2.24) is 9.88 Å². The molecule has 6 nitrogen and oxygen atoms in total. The molecule has 0 bridgehead atoms. The van der Waals surface area contributed by atoms with Crippen molar-refractivity contribution in [3.05, 3.63) is 70.1 Å². The number of carboxylic acid groups (broad SMARTS) is 1. The first-order valence-electron chi connectivity index (χ1n) is 8.36. The average Bonchev–Trinajstić information content (AvgIpc) is 2.64. The van der Waals surface area contributed by atoms with Crippen LogP contribution in [0, 0.1) is 0 Å². The van der Waals surface area contributed by atoms with Crippen molar-refractivity contribution in [1.29, 1.82) is 0 Å². The number of nitrogens with zero attached hydrogens (tertiary/aromatic N) is 1. The second-order valence-electron chi connectivity index (χ2n) is 6.09. The second-order valence-corrected chi connectivity index (χ2v) is 6.09. The molecule has 1 saturated heterocycles. The zero-order valence-corrected chi connectivity index (χ0v) is 14.0. The Morgan fingerprint density at radius 3 is 2.44 bits per heavy atom. The Morgan fingerprint density at radius 1 is 1.20 bits per heavy atom. The van der Waals surface area contributed by atoms with E-state index in [9.17, 15) is 9.90 Å². The zero-order chi connectivity index (χ0) is 18.1. The van der Waals surface area contributed by atoms with E-state index >= 15 is 0 Å². The molecule has 0 spiro atoms. The lowest BCUT2D eigenvalue weighted by molar-refractivity contribution is -0.122. The quantitative estimate of drug-likeness (QED) is 0.738. The van der Waals surface area contributed by atoms with Gasteiger partial charge in [0.15, 0.2) is 0 Å². The monoisotopic (exact) mass is 344 g/mol. The van der Waals surface area contributed by atoms with Crippen LogP contribution in [0.15, 0.2) is 53.5 Å². The van der Waals surface area contributed by atoms with Crippen molar-refractivity contribution in [2.75, 3.05) is 19.6 Å². The highest BCUT2D eigenvalue weighted by molar-refractivity contribution is 5.32. The standard InChI is InChI=1S/C18H22N2O2.CH2O2/c21-17(15-4-2-1-3-5-15)13-20-10-7-14(8-11-20)16-6-9-19-18(22)12-16;2-1-3/h1-6,9,12,14,17,21H,7-8,10-11,13H2,(H,19,22);1H,(H,2,3). The van der Waals surface area contributed by atoms with E-state index in [-0.39, 0.29) is 12.0 Å². The second kappa shape index (κ2) is 9.76. The first-order valence-corrected chi connectivity index (χ1v) is 8.36. The summed E-state index contributed by atoms with van der Waals surface area (Å²) >= 11 is 0. The third-order valence-electron chi connectivity index (χ3n) is 4.47. The highest BCUT2D eigenvalue weighted by Gasteiger charge is 2.22. The summed E-state index contributed by atoms with van der Waals surface area (Å²) in [6.07, 6.45) is 3.36. The molecule has 2 aromatic rings. The van der Waals surface area contributed by atoms with Crippen molar-refractivity contribution in [2.24, 2.45) is 0 Å². The van der Waals surface area contributed by atoms with Crippen LogP contribution in [-0.4, -0.2) is 46.2 Å². The van der Waals surface area contributed by atoms with Crippen LogP contribution in [0.2, 0.25) is 0 Å². The predicted octanol–water partition coefficient (Wildman–Crippen LogP) is 1.99. The summed E-state index contributed by atoms with van der Waals surface area (Å²) in [5, 5.41) is 17.2. The van der Waals surface area contributed by atoms with Gasteiger partial charge in [-0.15, -0.1) is 0 Å². The highest BCUT2D eigenvalue weighted by Crippen LogP contribution is 2.28. The molecule has 1 aromatic carbocycles. The number of piperidine rings is 1. The first-order chi connectivity index (χ1) is 12.1. The fraction of sp³-hybridized carbons (Fsp3) is 0.368. The molecule has 134 valence electrons. The van der Waals surface area contributed by atoms with Gasteiger partial charge < -0.3 is 20.1 Å². The minimum Gasteiger partial charge on any atom is -0.483 e. The normalized spacial score (nSPS) is 16.5. The van der Waals surface area contributed by atoms with E-state index in [4.69, 9.17) is 9.90 Å². The number of pyridine rings is 1. The van der Waals surface area contributed by atoms with E-state index in [1.165, 1.54) is 0 Å². The lowest BCUT2D eigenvalue weighted by Gasteiger charge is -2.33. The predicted molar refractivity (Wildman–Crippen MR) is 95.6 cm³/mol. The van der Waals surface area contributed by atoms with Gasteiger partial charge in [-0.05, 0) is 49.0 Å². The molecule has 1 aliphatic heterocycles. The Labute approximate surface area is 146 Å². The molecule has 1 fully saturated rings. The Bertz CT molecular complexity index is 694. The van der Waals surface area contributed by atoms with Crippen LogP contribution < -0.4 is 5.56 Å². The highest BCUT2D eigenvalue weighted by atomic mass is 16.3. The number of H-pyrrole nitrogens is 1. The largest absolute Gasteiger partial charge is 0.483 e. The number of benzene rings is 1. The Kier molecular flexibility index (Phi) is 7.37. The van der Waals surface area contributed by atoms with Crippen LogP contribution in [0.5, 0.6) is 0 Å². The fourth-order valence-corrected chi connectivity index (χ4v) is 3.19. The molecule has 0 aliphatic carbocycles. The van der Waals surface area contributed by atoms with Gasteiger partial charge in [-0.3, -0.25) is 9.59 Å². The number of aromatic nitrogens is 1. The van der Waals surface area contributed by atoms with E-state index in [0.29, 0.717) is 12.5 Å². The number of carbonyl (C=O) groups is 1. The van der Waals surface area contributed by atoms with Crippen molar-refractivity contribution < 1.29 is 15.0 Å². The van der Waals surface area contributed by atoms with Crippen molar-refractivity contribution in [2.45, 2.75) is 24.9 Å². The van der Waals surface area contributed by atoms with E-state index in [1.54, 1.807) is 12.3 Å². The molecule has 6 heteroatoms. The lowest BCUT2D eigenvalue weighted by Crippen LogP contribution is -2.36. The van der Waals surface area contributed by atoms with Gasteiger partial charge in [0.1, 0.15) is 0 Å². The number of hydrogen-bond donors (Lipinski definition) is 3. The lowest BCUT2D eigenvalue weighted by atomic mass is 9.90. The van der Waals surface area contributed by atoms with Gasteiger partial charge in [-0.1, -0.05) is 30.3 Å². The summed E-state index contributed by atoms with van der Waals surface area (Å²) in [7, 11) is 0. The van der Waals surface area contributed by atoms with E-state index < -0.39 is 6.10 Å². The molecule has 1 atom stereocenters. The molecule has 3 N–H and O–H groups in total. The Hall–Kier alpha value is -2.44. The molecule has 3 rings (SSSR count). The summed E-state index contributed by atoms with van der Waals surface area (Å²) in [5.41, 5.74) is 2.07. The number of hydrogen-bond acceptors (Lipinski definition) is 4. The maximum atomic E-state index is 11.4. The van der Waals surface area contributed by atoms with Crippen molar-refractivity contribution in [3.8, 4) is 0 Å². The molecule has 0 radical (unpaired) electrons. The van der Waals surface area contributed by atoms with E-state index in [2.05, 4.69) is 9.88 Å². The van der Waals surface area contributed by atoms with Crippen molar-refractivity contribution in [3.63, 3.8) is 0 Å². The number of aliphatic hydroxyl groups excluding tert-OH is 1. The van der Waals surface area contributed by atoms with Crippen LogP contribution in [0.4, 0.5) is 0 Å². The average molecular weight is 344 g/mol. The molecular weight excluding hydrogens is 320 g/mol. The summed E-state index contributed by atoms with van der Waals surface area (Å²) in [5.74, 6) is 0.451. The van der Waals surface area contributed by atoms with Crippen LogP contribution in [0.1, 0.15) is 36.0 Å². The van der Waals surface area contributed by atoms with Gasteiger partial charge in [0.05, 0.1) is 6.10 Å². The van der Waals surface area contributed by atoms with Gasteiger partial charge in [0.25, 0.3) is 6.47 Å². The molecular formula is C19H24N2O4. The molecule has 2 heterocycles. The van der Waals surface area contributed by atoms with Gasteiger partial charge >= 0.3 is 0 Å². The summed E-state index contributed by atoms with van der Waals surface area (Å²) in [6, 6.07) is 13.5. The Balaban J connectivity index is 0.000000701. The molecule has 1 unspecified atom stereocenters. The minimum absolute atomic E-state index is 0.0283. The maximum absolute atomic E-state index is 11.4. The summed E-state index contributed by atoms with van der Waals surface area (Å²) < 4.78 is 0. The zero-order valence-electron chi connectivity index (χ0n) is 14.0. The molecule has 1 aliphatic rings. The SMILES string of the molecule is O=CO.O=c1cc(C2CCN(CC(O)c3ccccc3)CC2)cc[nH]1. The third-order valence-corrected chi connectivity index (χ3v) is 4.47. The maximum Gasteiger partial charge on any atom is 0.290 e. The smallest absolute Gasteiger partial charge is 0.290 e. The van der Waals surface area contributed by atoms with Crippen LogP contribution in [0.25, 0.3) is 0 Å². The summed E-state index contributed by atoms with van der Waals surface area (Å²) in [6.45, 7) is 2.34. The van der Waals surface area contributed by atoms with Crippen LogP contribution >= 0.6 is 0 Å². The van der Waals surface area contributed by atoms with Crippen LogP contribution in [0.3, 0.4) is 0 Å². The molecule has 0 amide bonds. The fourth-order valence-electron chi connectivity index (χ4n) is 3.19. The van der Waals surface area contributed by atoms with Gasteiger partial charge in [-0.2, -0.15) is 0 Å². The Morgan fingerprint density at radius 2 is 1.84 bits per heavy atom. The van der Waals surface area contributed by atoms with Crippen LogP contribution in [-0.2, 0) is 4.79 Å². The van der Waals surface area contributed by atoms with E-state index in [0.717, 1.165) is 37.1 Å². The van der Waals surface area contributed by atoms with Gasteiger partial charge in [0.2, 0.25) is 5.56 Å². The van der Waals surface area contributed by atoms with E-state index in [1.807, 2.05) is 36.4 Å². The number of aromatic amines is 1. The number of aliphatic hydroxyl groups is 1. The third kappa shape index (κ3) is 5.85. The first kappa shape index (κ1) is 18.9. The van der Waals surface area contributed by atoms with Crippen molar-refractivity contribution >= 4 is 6.47 Å². The molecule has 25 heavy (non-hydrogen) atoms. The molecule has 1 aromatic heterocycles. The number of β-amino-alcohol motifs (C(OH)–C–C–N with tert-alkyl or cyclic N) is 1. The number of likely N-dealkylation sites (tertiary alicyclic amines) is 1. The minimum atomic E-state index is -0.433. The topological polar surface area (TPSA) is 93.6 Å². The number of rotatable bonds is 4. The molecule has 0 saturated carbocycles. The van der Waals surface area contributed by atoms with Gasteiger partial charge in [-0.25, -0.2) is 0 Å².